The third kappa shape index (κ3) is 4.94. The number of nitrogens with zero attached hydrogens (tertiary/aromatic N) is 3. The van der Waals surface area contributed by atoms with Crippen molar-refractivity contribution < 1.29 is 19.8 Å². The SMILES string of the molecule is O=C(O)c1cccc2c(Cl)ccc(C(=O)N3CC(O)C(N4CCN(Cc5ccc(Cl)cc5)CC4)C3)c12. The quantitative estimate of drug-likeness (QED) is 0.524. The molecule has 2 N–H and O–H groups in total. The lowest BCUT2D eigenvalue weighted by Gasteiger charge is -2.38. The fraction of sp³-hybridized carbons (Fsp3) is 0.333. The largest absolute Gasteiger partial charge is 0.478 e. The van der Waals surface area contributed by atoms with Crippen molar-refractivity contribution in [3.8, 4) is 0 Å². The summed E-state index contributed by atoms with van der Waals surface area (Å²) >= 11 is 12.3. The molecule has 0 aromatic heterocycles. The summed E-state index contributed by atoms with van der Waals surface area (Å²) in [5.74, 6) is -1.42. The van der Waals surface area contributed by atoms with Crippen molar-refractivity contribution in [1.29, 1.82) is 0 Å². The molecule has 2 heterocycles. The van der Waals surface area contributed by atoms with Crippen LogP contribution in [-0.2, 0) is 6.54 Å². The summed E-state index contributed by atoms with van der Waals surface area (Å²) in [5, 5.41) is 22.5. The van der Waals surface area contributed by atoms with Gasteiger partial charge in [0.15, 0.2) is 0 Å². The highest BCUT2D eigenvalue weighted by Crippen LogP contribution is 2.31. The van der Waals surface area contributed by atoms with Crippen LogP contribution in [-0.4, -0.2) is 88.2 Å². The number of piperazine rings is 1. The van der Waals surface area contributed by atoms with Gasteiger partial charge in [0, 0.05) is 72.2 Å². The van der Waals surface area contributed by atoms with Crippen LogP contribution in [0.5, 0.6) is 0 Å². The number of hydrogen-bond acceptors (Lipinski definition) is 5. The average Bonchev–Trinajstić information content (AvgIpc) is 3.27. The summed E-state index contributed by atoms with van der Waals surface area (Å²) in [4.78, 5) is 31.7. The number of amides is 1. The predicted octanol–water partition coefficient (Wildman–Crippen LogP) is 3.85. The molecular weight excluding hydrogens is 501 g/mol. The molecule has 188 valence electrons. The van der Waals surface area contributed by atoms with E-state index in [-0.39, 0.29) is 29.6 Å². The first-order chi connectivity index (χ1) is 17.3. The van der Waals surface area contributed by atoms with Crippen molar-refractivity contribution in [2.24, 2.45) is 0 Å². The first kappa shape index (κ1) is 25.0. The van der Waals surface area contributed by atoms with Gasteiger partial charge in [-0.2, -0.15) is 0 Å². The normalized spacial score (nSPS) is 21.2. The molecule has 2 aliphatic heterocycles. The molecule has 7 nitrogen and oxygen atoms in total. The number of fused-ring (bicyclic) bond motifs is 1. The minimum Gasteiger partial charge on any atom is -0.478 e. The number of aliphatic hydroxyl groups is 1. The second-order valence-electron chi connectivity index (χ2n) is 9.41. The van der Waals surface area contributed by atoms with E-state index in [0.717, 1.165) is 37.7 Å². The smallest absolute Gasteiger partial charge is 0.336 e. The highest BCUT2D eigenvalue weighted by atomic mass is 35.5. The van der Waals surface area contributed by atoms with Gasteiger partial charge in [-0.3, -0.25) is 14.6 Å². The number of likely N-dealkylation sites (tertiary alicyclic amines) is 1. The molecule has 1 amide bonds. The summed E-state index contributed by atoms with van der Waals surface area (Å²) in [7, 11) is 0. The lowest BCUT2D eigenvalue weighted by atomic mass is 9.98. The Balaban J connectivity index is 1.28. The summed E-state index contributed by atoms with van der Waals surface area (Å²) in [6.45, 7) is 4.75. The van der Waals surface area contributed by atoms with E-state index in [9.17, 15) is 19.8 Å². The molecule has 0 saturated carbocycles. The van der Waals surface area contributed by atoms with Crippen molar-refractivity contribution in [2.45, 2.75) is 18.7 Å². The van der Waals surface area contributed by atoms with Crippen LogP contribution >= 0.6 is 23.2 Å². The lowest BCUT2D eigenvalue weighted by molar-refractivity contribution is 0.0423. The Morgan fingerprint density at radius 3 is 2.31 bits per heavy atom. The number of aromatic carboxylic acids is 1. The summed E-state index contributed by atoms with van der Waals surface area (Å²) in [5.41, 5.74) is 1.53. The maximum atomic E-state index is 13.5. The van der Waals surface area contributed by atoms with Gasteiger partial charge in [-0.1, -0.05) is 47.5 Å². The number of carboxylic acids is 1. The molecule has 2 saturated heterocycles. The van der Waals surface area contributed by atoms with E-state index in [1.54, 1.807) is 29.2 Å². The Labute approximate surface area is 219 Å². The van der Waals surface area contributed by atoms with Crippen LogP contribution in [0.25, 0.3) is 10.8 Å². The van der Waals surface area contributed by atoms with Crippen LogP contribution < -0.4 is 0 Å². The van der Waals surface area contributed by atoms with E-state index >= 15 is 0 Å². The number of aliphatic hydroxyl groups excluding tert-OH is 1. The minimum atomic E-state index is -1.12. The topological polar surface area (TPSA) is 84.3 Å². The monoisotopic (exact) mass is 527 g/mol. The van der Waals surface area contributed by atoms with Gasteiger partial charge in [0.25, 0.3) is 5.91 Å². The van der Waals surface area contributed by atoms with Crippen molar-refractivity contribution in [3.05, 3.63) is 81.3 Å². The van der Waals surface area contributed by atoms with Gasteiger partial charge in [0.2, 0.25) is 0 Å². The molecule has 36 heavy (non-hydrogen) atoms. The Bertz CT molecular complexity index is 1290. The highest BCUT2D eigenvalue weighted by molar-refractivity contribution is 6.36. The standard InChI is InChI=1S/C27H27Cl2N3O4/c28-18-6-4-17(5-7-18)14-30-10-12-31(13-11-30)23-15-32(16-24(23)33)26(34)20-8-9-22(29)19-2-1-3-21(25(19)20)27(35)36/h1-9,23-24,33H,10-16H2,(H,35,36). The third-order valence-corrected chi connectivity index (χ3v) is 7.77. The molecule has 2 atom stereocenters. The van der Waals surface area contributed by atoms with E-state index in [0.29, 0.717) is 22.3 Å². The van der Waals surface area contributed by atoms with Gasteiger partial charge in [0.05, 0.1) is 17.7 Å². The molecule has 2 aliphatic rings. The van der Waals surface area contributed by atoms with Crippen molar-refractivity contribution in [2.75, 3.05) is 39.3 Å². The maximum absolute atomic E-state index is 13.5. The number of carbonyl (C=O) groups is 2. The van der Waals surface area contributed by atoms with Gasteiger partial charge < -0.3 is 15.1 Å². The van der Waals surface area contributed by atoms with Gasteiger partial charge >= 0.3 is 5.97 Å². The van der Waals surface area contributed by atoms with Gasteiger partial charge in [-0.15, -0.1) is 0 Å². The van der Waals surface area contributed by atoms with Crippen LogP contribution in [0.2, 0.25) is 10.0 Å². The maximum Gasteiger partial charge on any atom is 0.336 e. The zero-order chi connectivity index (χ0) is 25.4. The molecule has 0 radical (unpaired) electrons. The van der Waals surface area contributed by atoms with Crippen molar-refractivity contribution in [3.63, 3.8) is 0 Å². The van der Waals surface area contributed by atoms with Gasteiger partial charge in [-0.05, 0) is 35.9 Å². The number of carbonyl (C=O) groups excluding carboxylic acids is 1. The summed E-state index contributed by atoms with van der Waals surface area (Å²) < 4.78 is 0. The molecule has 2 unspecified atom stereocenters. The number of benzene rings is 3. The number of rotatable bonds is 5. The van der Waals surface area contributed by atoms with Crippen LogP contribution in [0.1, 0.15) is 26.3 Å². The fourth-order valence-corrected chi connectivity index (χ4v) is 5.64. The van der Waals surface area contributed by atoms with E-state index < -0.39 is 12.1 Å². The number of hydrogen-bond donors (Lipinski definition) is 2. The lowest BCUT2D eigenvalue weighted by Crippen LogP contribution is -2.53. The fourth-order valence-electron chi connectivity index (χ4n) is 5.29. The van der Waals surface area contributed by atoms with Crippen molar-refractivity contribution >= 4 is 45.9 Å². The van der Waals surface area contributed by atoms with Crippen LogP contribution in [0.3, 0.4) is 0 Å². The molecule has 3 aromatic rings. The molecule has 3 aromatic carbocycles. The first-order valence-corrected chi connectivity index (χ1v) is 12.7. The Kier molecular flexibility index (Phi) is 7.19. The van der Waals surface area contributed by atoms with Gasteiger partial charge in [-0.25, -0.2) is 4.79 Å². The Morgan fingerprint density at radius 1 is 0.889 bits per heavy atom. The van der Waals surface area contributed by atoms with Crippen LogP contribution in [0.15, 0.2) is 54.6 Å². The highest BCUT2D eigenvalue weighted by Gasteiger charge is 2.39. The van der Waals surface area contributed by atoms with Gasteiger partial charge in [0.1, 0.15) is 0 Å². The molecule has 0 bridgehead atoms. The molecule has 9 heteroatoms. The van der Waals surface area contributed by atoms with Crippen LogP contribution in [0.4, 0.5) is 0 Å². The minimum absolute atomic E-state index is 0.0338. The van der Waals surface area contributed by atoms with Crippen LogP contribution in [0, 0.1) is 0 Å². The first-order valence-electron chi connectivity index (χ1n) is 11.9. The average molecular weight is 528 g/mol. The predicted molar refractivity (Wildman–Crippen MR) is 140 cm³/mol. The zero-order valence-electron chi connectivity index (χ0n) is 19.6. The van der Waals surface area contributed by atoms with E-state index in [1.807, 2.05) is 24.3 Å². The number of β-amino-alcohol motifs (C(OH)–C–C–N with tert-alkyl or cyclic N) is 1. The van der Waals surface area contributed by atoms with Crippen molar-refractivity contribution in [1.82, 2.24) is 14.7 Å². The Hall–Kier alpha value is -2.68. The molecular formula is C27H27Cl2N3O4. The molecule has 5 rings (SSSR count). The second-order valence-corrected chi connectivity index (χ2v) is 10.3. The Morgan fingerprint density at radius 2 is 1.61 bits per heavy atom. The molecule has 2 fully saturated rings. The second kappa shape index (κ2) is 10.4. The zero-order valence-corrected chi connectivity index (χ0v) is 21.1. The number of carboxylic acid groups (broad SMARTS) is 1. The van der Waals surface area contributed by atoms with E-state index in [2.05, 4.69) is 9.80 Å². The summed E-state index contributed by atoms with van der Waals surface area (Å²) in [6, 6.07) is 15.7. The summed E-state index contributed by atoms with van der Waals surface area (Å²) in [6.07, 6.45) is -0.672. The van der Waals surface area contributed by atoms with E-state index in [4.69, 9.17) is 23.2 Å². The number of halogens is 2. The molecule has 0 aliphatic carbocycles. The van der Waals surface area contributed by atoms with E-state index in [1.165, 1.54) is 11.6 Å². The molecule has 0 spiro atoms. The third-order valence-electron chi connectivity index (χ3n) is 7.19.